The summed E-state index contributed by atoms with van der Waals surface area (Å²) in [5.74, 6) is -0.0485. The minimum absolute atomic E-state index is 0.00838. The minimum Gasteiger partial charge on any atom is -0.463 e. The third-order valence-electron chi connectivity index (χ3n) is 8.19. The quantitative estimate of drug-likeness (QED) is 0.295. The van der Waals surface area contributed by atoms with E-state index in [1.165, 1.54) is 12.5 Å². The van der Waals surface area contributed by atoms with Gasteiger partial charge in [0.2, 0.25) is 0 Å². The van der Waals surface area contributed by atoms with Crippen molar-refractivity contribution in [3.05, 3.63) is 35.9 Å². The molecule has 0 aliphatic carbocycles. The first kappa shape index (κ1) is 31.0. The van der Waals surface area contributed by atoms with E-state index in [9.17, 15) is 4.79 Å². The van der Waals surface area contributed by atoms with Gasteiger partial charge in [-0.2, -0.15) is 0 Å². The molecule has 0 amide bonds. The third kappa shape index (κ3) is 8.23. The predicted octanol–water partition coefficient (Wildman–Crippen LogP) is 4.35. The molecule has 1 aromatic rings. The predicted molar refractivity (Wildman–Crippen MR) is 146 cm³/mol. The summed E-state index contributed by atoms with van der Waals surface area (Å²) in [6, 6.07) is 10.5. The molecule has 4 unspecified atom stereocenters. The molecule has 1 N–H and O–H groups in total. The van der Waals surface area contributed by atoms with Gasteiger partial charge in [-0.15, -0.1) is 0 Å². The van der Waals surface area contributed by atoms with Gasteiger partial charge in [0.05, 0.1) is 24.4 Å². The molecule has 3 rings (SSSR count). The number of nitrogens with one attached hydrogen (secondary N) is 1. The maximum absolute atomic E-state index is 11.7. The van der Waals surface area contributed by atoms with E-state index < -0.39 is 18.7 Å². The van der Waals surface area contributed by atoms with E-state index in [0.29, 0.717) is 6.61 Å². The van der Waals surface area contributed by atoms with Crippen molar-refractivity contribution in [1.82, 2.24) is 5.32 Å². The van der Waals surface area contributed by atoms with Crippen molar-refractivity contribution in [2.45, 2.75) is 103 Å². The van der Waals surface area contributed by atoms with Gasteiger partial charge in [-0.05, 0) is 38.8 Å². The second-order valence-electron chi connectivity index (χ2n) is 10.9. The molecule has 8 heteroatoms. The van der Waals surface area contributed by atoms with Gasteiger partial charge in [-0.3, -0.25) is 4.79 Å². The zero-order valence-electron chi connectivity index (χ0n) is 24.3. The molecule has 2 saturated heterocycles. The summed E-state index contributed by atoms with van der Waals surface area (Å²) >= 11 is 0. The first-order chi connectivity index (χ1) is 18.3. The Bertz CT molecular complexity index is 824. The highest BCUT2D eigenvalue weighted by Crippen LogP contribution is 2.36. The first-order valence-electron chi connectivity index (χ1n) is 14.2. The van der Waals surface area contributed by atoms with Gasteiger partial charge in [-0.1, -0.05) is 57.5 Å². The fraction of sp³-hybridized carbons (Fsp3) is 0.767. The number of likely N-dealkylation sites (N-methyl/N-ethyl adjacent to an activating group) is 1. The van der Waals surface area contributed by atoms with Crippen LogP contribution in [-0.4, -0.2) is 76.4 Å². The van der Waals surface area contributed by atoms with Crippen molar-refractivity contribution in [2.24, 2.45) is 17.8 Å². The normalized spacial score (nSPS) is 35.7. The number of benzene rings is 1. The lowest BCUT2D eigenvalue weighted by Crippen LogP contribution is -2.62. The maximum Gasteiger partial charge on any atom is 0.302 e. The Morgan fingerprint density at radius 3 is 2.32 bits per heavy atom. The number of hydrogen-bond donors (Lipinski definition) is 1. The van der Waals surface area contributed by atoms with E-state index in [0.717, 1.165) is 25.7 Å². The molecule has 0 bridgehead atoms. The number of carbonyl (C=O) groups is 1. The molecule has 8 nitrogen and oxygen atoms in total. The van der Waals surface area contributed by atoms with Crippen molar-refractivity contribution in [3.8, 4) is 0 Å². The summed E-state index contributed by atoms with van der Waals surface area (Å²) in [6.07, 6.45) is 2.47. The summed E-state index contributed by atoms with van der Waals surface area (Å²) in [5, 5.41) is 3.37. The fourth-order valence-electron chi connectivity index (χ4n) is 5.76. The number of rotatable bonds is 13. The van der Waals surface area contributed by atoms with Gasteiger partial charge >= 0.3 is 5.97 Å². The average molecular weight is 536 g/mol. The van der Waals surface area contributed by atoms with Crippen LogP contribution in [0.3, 0.4) is 0 Å². The molecule has 0 spiro atoms. The van der Waals surface area contributed by atoms with E-state index in [1.807, 2.05) is 13.1 Å². The Morgan fingerprint density at radius 2 is 1.66 bits per heavy atom. The van der Waals surface area contributed by atoms with Crippen LogP contribution < -0.4 is 5.32 Å². The molecule has 1 aromatic carbocycles. The smallest absolute Gasteiger partial charge is 0.302 e. The van der Waals surface area contributed by atoms with Crippen molar-refractivity contribution < 1.29 is 33.2 Å². The average Bonchev–Trinajstić information content (AvgIpc) is 2.90. The van der Waals surface area contributed by atoms with E-state index in [4.69, 9.17) is 28.4 Å². The van der Waals surface area contributed by atoms with Gasteiger partial charge in [0.1, 0.15) is 12.7 Å². The Kier molecular flexibility index (Phi) is 12.5. The Morgan fingerprint density at radius 1 is 0.921 bits per heavy atom. The van der Waals surface area contributed by atoms with E-state index in [1.54, 1.807) is 7.11 Å². The van der Waals surface area contributed by atoms with Crippen LogP contribution in [0.25, 0.3) is 0 Å². The second-order valence-corrected chi connectivity index (χ2v) is 10.9. The second kappa shape index (κ2) is 15.3. The number of esters is 1. The number of carbonyl (C=O) groups excluding carboxylic acids is 1. The summed E-state index contributed by atoms with van der Waals surface area (Å²) < 4.78 is 36.7. The lowest BCUT2D eigenvalue weighted by Gasteiger charge is -2.49. The van der Waals surface area contributed by atoms with Gasteiger partial charge in [0, 0.05) is 38.4 Å². The molecule has 2 fully saturated rings. The third-order valence-corrected chi connectivity index (χ3v) is 8.19. The standard InChI is InChI=1S/C30H49NO7/c1-19-22(4)36-29(21(3)27(19)33-7)38-28-20(2)26(31-6)30(37-25(28)18-35-23(5)32)34-17-13-9-12-16-24-14-10-8-11-15-24/h8,10-11,14-15,19-22,25-31H,9,12-13,16-18H2,1-7H3/t19-,20-,21+,22?,25?,26?,27?,28+,29+,30-/m1/s1. The molecular formula is C30H49NO7. The van der Waals surface area contributed by atoms with Crippen molar-refractivity contribution in [2.75, 3.05) is 27.4 Å². The molecule has 0 saturated carbocycles. The van der Waals surface area contributed by atoms with Gasteiger partial charge in [0.25, 0.3) is 0 Å². The molecule has 0 radical (unpaired) electrons. The van der Waals surface area contributed by atoms with Crippen molar-refractivity contribution >= 4 is 5.97 Å². The van der Waals surface area contributed by atoms with Crippen LogP contribution in [0.15, 0.2) is 30.3 Å². The number of ether oxygens (including phenoxy) is 6. The largest absolute Gasteiger partial charge is 0.463 e. The van der Waals surface area contributed by atoms with Crippen LogP contribution in [0.1, 0.15) is 59.4 Å². The van der Waals surface area contributed by atoms with E-state index >= 15 is 0 Å². The lowest BCUT2D eigenvalue weighted by atomic mass is 9.85. The molecule has 10 atom stereocenters. The summed E-state index contributed by atoms with van der Waals surface area (Å²) in [6.45, 7) is 10.5. The topological polar surface area (TPSA) is 84.5 Å². The highest BCUT2D eigenvalue weighted by molar-refractivity contribution is 5.65. The monoisotopic (exact) mass is 535 g/mol. The minimum atomic E-state index is -0.479. The highest BCUT2D eigenvalue weighted by atomic mass is 16.7. The molecule has 38 heavy (non-hydrogen) atoms. The highest BCUT2D eigenvalue weighted by Gasteiger charge is 2.48. The molecule has 0 aromatic heterocycles. The van der Waals surface area contributed by atoms with Crippen LogP contribution in [0, 0.1) is 17.8 Å². The van der Waals surface area contributed by atoms with Crippen LogP contribution in [0.4, 0.5) is 0 Å². The molecule has 216 valence electrons. The van der Waals surface area contributed by atoms with Crippen LogP contribution in [0.2, 0.25) is 0 Å². The van der Waals surface area contributed by atoms with E-state index in [2.05, 4.69) is 57.3 Å². The van der Waals surface area contributed by atoms with Crippen molar-refractivity contribution in [3.63, 3.8) is 0 Å². The lowest BCUT2D eigenvalue weighted by molar-refractivity contribution is -0.324. The maximum atomic E-state index is 11.7. The van der Waals surface area contributed by atoms with Gasteiger partial charge < -0.3 is 33.7 Å². The summed E-state index contributed by atoms with van der Waals surface area (Å²) in [4.78, 5) is 11.7. The summed E-state index contributed by atoms with van der Waals surface area (Å²) in [7, 11) is 3.65. The summed E-state index contributed by atoms with van der Waals surface area (Å²) in [5.41, 5.74) is 1.37. The van der Waals surface area contributed by atoms with Crippen molar-refractivity contribution in [1.29, 1.82) is 0 Å². The first-order valence-corrected chi connectivity index (χ1v) is 14.2. The molecule has 2 aliphatic rings. The zero-order valence-corrected chi connectivity index (χ0v) is 24.3. The van der Waals surface area contributed by atoms with Gasteiger partial charge in [0.15, 0.2) is 12.6 Å². The SMILES string of the molecule is CNC1[C@H](OCCCCCc2ccccc2)OC(COC(C)=O)[C@@H](O[C@@H]2OC(C)[C@@H](C)C(OC)[C@@H]2C)[C@@H]1C. The number of methoxy groups -OCH3 is 1. The Balaban J connectivity index is 1.60. The zero-order chi connectivity index (χ0) is 27.7. The van der Waals surface area contributed by atoms with Crippen LogP contribution in [-0.2, 0) is 39.6 Å². The molecular weight excluding hydrogens is 486 g/mol. The number of hydrogen-bond acceptors (Lipinski definition) is 8. The number of aryl methyl sites for hydroxylation is 1. The Hall–Kier alpha value is -1.55. The van der Waals surface area contributed by atoms with Crippen LogP contribution >= 0.6 is 0 Å². The number of unbranched alkanes of at least 4 members (excludes halogenated alkanes) is 2. The molecule has 2 heterocycles. The van der Waals surface area contributed by atoms with Crippen LogP contribution in [0.5, 0.6) is 0 Å². The fourth-order valence-corrected chi connectivity index (χ4v) is 5.76. The van der Waals surface area contributed by atoms with E-state index in [-0.39, 0.29) is 54.7 Å². The Labute approximate surface area is 229 Å². The molecule has 2 aliphatic heterocycles. The van der Waals surface area contributed by atoms with Gasteiger partial charge in [-0.25, -0.2) is 0 Å².